The van der Waals surface area contributed by atoms with Gasteiger partial charge < -0.3 is 24.0 Å². The van der Waals surface area contributed by atoms with E-state index in [1.54, 1.807) is 31.4 Å². The van der Waals surface area contributed by atoms with E-state index in [9.17, 15) is 9.18 Å². The van der Waals surface area contributed by atoms with Crippen molar-refractivity contribution in [3.8, 4) is 11.5 Å². The number of hydrogen-bond donors (Lipinski definition) is 0. The Morgan fingerprint density at radius 3 is 2.68 bits per heavy atom. The number of benzene rings is 2. The molecule has 0 saturated carbocycles. The molecular formula is C28H31FN4O4. The molecule has 8 nitrogen and oxygen atoms in total. The van der Waals surface area contributed by atoms with Gasteiger partial charge in [-0.05, 0) is 55.0 Å². The molecule has 1 aromatic heterocycles. The van der Waals surface area contributed by atoms with Crippen LogP contribution in [0.15, 0.2) is 49.1 Å². The third kappa shape index (κ3) is 6.06. The zero-order valence-electron chi connectivity index (χ0n) is 21.3. The van der Waals surface area contributed by atoms with Crippen molar-refractivity contribution in [1.82, 2.24) is 14.9 Å². The van der Waals surface area contributed by atoms with Crippen LogP contribution in [-0.4, -0.2) is 73.9 Å². The number of piperazine rings is 1. The first-order valence-corrected chi connectivity index (χ1v) is 12.1. The molecule has 0 N–H and O–H groups in total. The van der Waals surface area contributed by atoms with Crippen LogP contribution in [0, 0.1) is 5.82 Å². The predicted octanol–water partition coefficient (Wildman–Crippen LogP) is 4.20. The minimum absolute atomic E-state index is 0.0216. The van der Waals surface area contributed by atoms with Crippen LogP contribution in [0.25, 0.3) is 23.1 Å². The van der Waals surface area contributed by atoms with Gasteiger partial charge in [-0.1, -0.05) is 18.7 Å². The molecule has 2 heterocycles. The number of fused-ring (bicyclic) bond motifs is 1. The summed E-state index contributed by atoms with van der Waals surface area (Å²) < 4.78 is 30.0. The van der Waals surface area contributed by atoms with Crippen molar-refractivity contribution >= 4 is 34.8 Å². The molecule has 1 amide bonds. The molecule has 1 atom stereocenters. The molecule has 3 aromatic rings. The number of carbonyl (C=O) groups is 1. The molecule has 0 bridgehead atoms. The van der Waals surface area contributed by atoms with Gasteiger partial charge in [-0.25, -0.2) is 14.4 Å². The van der Waals surface area contributed by atoms with Gasteiger partial charge in [-0.2, -0.15) is 0 Å². The van der Waals surface area contributed by atoms with E-state index < -0.39 is 5.82 Å². The number of amides is 1. The van der Waals surface area contributed by atoms with E-state index in [1.807, 2.05) is 30.0 Å². The third-order valence-corrected chi connectivity index (χ3v) is 6.21. The second-order valence-corrected chi connectivity index (χ2v) is 8.68. The average Bonchev–Trinajstić information content (AvgIpc) is 2.91. The van der Waals surface area contributed by atoms with Crippen LogP contribution in [0.5, 0.6) is 11.5 Å². The molecule has 2 aromatic carbocycles. The number of hydrogen-bond acceptors (Lipinski definition) is 7. The van der Waals surface area contributed by atoms with E-state index in [2.05, 4.69) is 11.5 Å². The number of aromatic nitrogens is 2. The lowest BCUT2D eigenvalue weighted by Crippen LogP contribution is -2.54. The van der Waals surface area contributed by atoms with Gasteiger partial charge in [0.2, 0.25) is 5.91 Å². The molecule has 4 rings (SSSR count). The molecule has 1 aliphatic rings. The number of nitrogens with zero attached hydrogens (tertiary/aromatic N) is 4. The summed E-state index contributed by atoms with van der Waals surface area (Å²) >= 11 is 0. The molecule has 0 aliphatic carbocycles. The quantitative estimate of drug-likeness (QED) is 0.318. The summed E-state index contributed by atoms with van der Waals surface area (Å²) in [6.07, 6.45) is 4.87. The van der Waals surface area contributed by atoms with Crippen molar-refractivity contribution < 1.29 is 23.4 Å². The Morgan fingerprint density at radius 1 is 1.14 bits per heavy atom. The number of carbonyl (C=O) groups excluding carboxylic acids is 1. The lowest BCUT2D eigenvalue weighted by molar-refractivity contribution is -0.128. The lowest BCUT2D eigenvalue weighted by Gasteiger charge is -2.40. The number of anilines is 1. The fourth-order valence-electron chi connectivity index (χ4n) is 4.31. The number of methoxy groups -OCH3 is 2. The highest BCUT2D eigenvalue weighted by Gasteiger charge is 2.28. The van der Waals surface area contributed by atoms with Crippen molar-refractivity contribution in [2.75, 3.05) is 52.0 Å². The predicted molar refractivity (Wildman–Crippen MR) is 142 cm³/mol. The smallest absolute Gasteiger partial charge is 0.246 e. The monoisotopic (exact) mass is 506 g/mol. The van der Waals surface area contributed by atoms with E-state index in [4.69, 9.17) is 24.2 Å². The highest BCUT2D eigenvalue weighted by molar-refractivity contribution is 5.92. The van der Waals surface area contributed by atoms with Gasteiger partial charge in [0, 0.05) is 38.2 Å². The second-order valence-electron chi connectivity index (χ2n) is 8.68. The molecule has 1 saturated heterocycles. The van der Waals surface area contributed by atoms with E-state index in [0.717, 1.165) is 16.7 Å². The largest absolute Gasteiger partial charge is 0.494 e. The second kappa shape index (κ2) is 11.8. The molecule has 0 unspecified atom stereocenters. The summed E-state index contributed by atoms with van der Waals surface area (Å²) in [4.78, 5) is 25.8. The van der Waals surface area contributed by atoms with Gasteiger partial charge >= 0.3 is 0 Å². The maximum atomic E-state index is 14.1. The van der Waals surface area contributed by atoms with Crippen LogP contribution < -0.4 is 14.4 Å². The van der Waals surface area contributed by atoms with Crippen LogP contribution in [0.2, 0.25) is 0 Å². The van der Waals surface area contributed by atoms with Gasteiger partial charge in [0.05, 0.1) is 19.2 Å². The molecule has 9 heteroatoms. The number of rotatable bonds is 9. The maximum Gasteiger partial charge on any atom is 0.246 e. The first kappa shape index (κ1) is 26.1. The van der Waals surface area contributed by atoms with Crippen molar-refractivity contribution in [2.45, 2.75) is 13.0 Å². The van der Waals surface area contributed by atoms with E-state index in [1.165, 1.54) is 19.3 Å². The summed E-state index contributed by atoms with van der Waals surface area (Å²) in [5.41, 5.74) is 1.41. The van der Waals surface area contributed by atoms with Gasteiger partial charge in [0.15, 0.2) is 17.4 Å². The Labute approximate surface area is 216 Å². The van der Waals surface area contributed by atoms with E-state index in [-0.39, 0.29) is 17.7 Å². The molecule has 0 radical (unpaired) electrons. The van der Waals surface area contributed by atoms with Gasteiger partial charge in [-0.15, -0.1) is 0 Å². The highest BCUT2D eigenvalue weighted by atomic mass is 19.1. The van der Waals surface area contributed by atoms with Gasteiger partial charge in [0.1, 0.15) is 18.2 Å². The Bertz CT molecular complexity index is 1310. The van der Waals surface area contributed by atoms with Gasteiger partial charge in [-0.3, -0.25) is 4.79 Å². The van der Waals surface area contributed by atoms with Crippen molar-refractivity contribution in [3.63, 3.8) is 0 Å². The Hall–Kier alpha value is -3.98. The van der Waals surface area contributed by atoms with Crippen molar-refractivity contribution in [1.29, 1.82) is 0 Å². The maximum absolute atomic E-state index is 14.1. The standard InChI is InChI=1S/C28H31FN4O4/c1-5-27(34)33-13-12-32(18-19(33)2)28-22-17-21(37-15-14-35-3)8-9-24(22)30-26(31-28)11-7-20-6-10-25(36-4)23(29)16-20/h5-11,16-17,19H,1,12-15,18H2,2-4H3/b11-7+/t19-/m1/s1. The summed E-state index contributed by atoms with van der Waals surface area (Å²) in [5.74, 6) is 1.60. The molecule has 1 fully saturated rings. The van der Waals surface area contributed by atoms with Crippen LogP contribution >= 0.6 is 0 Å². The number of halogens is 1. The van der Waals surface area contributed by atoms with Crippen LogP contribution in [-0.2, 0) is 9.53 Å². The SMILES string of the molecule is C=CC(=O)N1CCN(c2nc(/C=C/c3ccc(OC)c(F)c3)nc3ccc(OCCOC)cc23)C[C@H]1C. The highest BCUT2D eigenvalue weighted by Crippen LogP contribution is 2.30. The van der Waals surface area contributed by atoms with E-state index >= 15 is 0 Å². The first-order valence-electron chi connectivity index (χ1n) is 12.1. The normalized spacial score (nSPS) is 15.8. The minimum atomic E-state index is -0.438. The van der Waals surface area contributed by atoms with E-state index in [0.29, 0.717) is 50.0 Å². The molecule has 37 heavy (non-hydrogen) atoms. The fourth-order valence-corrected chi connectivity index (χ4v) is 4.31. The topological polar surface area (TPSA) is 77.0 Å². The average molecular weight is 507 g/mol. The van der Waals surface area contributed by atoms with Gasteiger partial charge in [0.25, 0.3) is 0 Å². The molecular weight excluding hydrogens is 475 g/mol. The zero-order chi connectivity index (χ0) is 26.4. The Morgan fingerprint density at radius 2 is 1.97 bits per heavy atom. The van der Waals surface area contributed by atoms with Crippen molar-refractivity contribution in [2.24, 2.45) is 0 Å². The van der Waals surface area contributed by atoms with Crippen LogP contribution in [0.4, 0.5) is 10.2 Å². The fraction of sp³-hybridized carbons (Fsp3) is 0.321. The number of ether oxygens (including phenoxy) is 3. The summed E-state index contributed by atoms with van der Waals surface area (Å²) in [6.45, 7) is 8.30. The Kier molecular flexibility index (Phi) is 8.35. The Balaban J connectivity index is 1.69. The lowest BCUT2D eigenvalue weighted by atomic mass is 10.1. The summed E-state index contributed by atoms with van der Waals surface area (Å²) in [6, 6.07) is 10.4. The minimum Gasteiger partial charge on any atom is -0.494 e. The first-order chi connectivity index (χ1) is 17.9. The summed E-state index contributed by atoms with van der Waals surface area (Å²) in [5, 5.41) is 0.846. The molecule has 194 valence electrons. The molecule has 0 spiro atoms. The third-order valence-electron chi connectivity index (χ3n) is 6.21. The van der Waals surface area contributed by atoms with Crippen LogP contribution in [0.3, 0.4) is 0 Å². The van der Waals surface area contributed by atoms with Crippen molar-refractivity contribution in [3.05, 3.63) is 66.3 Å². The summed E-state index contributed by atoms with van der Waals surface area (Å²) in [7, 11) is 3.06. The zero-order valence-corrected chi connectivity index (χ0v) is 21.3. The van der Waals surface area contributed by atoms with Crippen LogP contribution in [0.1, 0.15) is 18.3 Å². The molecule has 1 aliphatic heterocycles.